The fourth-order valence-electron chi connectivity index (χ4n) is 2.62. The van der Waals surface area contributed by atoms with Gasteiger partial charge in [-0.05, 0) is 50.6 Å². The highest BCUT2D eigenvalue weighted by atomic mass is 15.1. The van der Waals surface area contributed by atoms with Crippen molar-refractivity contribution in [2.75, 3.05) is 19.6 Å². The summed E-state index contributed by atoms with van der Waals surface area (Å²) in [6, 6.07) is 2.58. The largest absolute Gasteiger partial charge is 0.303 e. The zero-order valence-corrected chi connectivity index (χ0v) is 10.00. The quantitative estimate of drug-likeness (QED) is 0.710. The number of hydrogen-bond acceptors (Lipinski definition) is 2. The van der Waals surface area contributed by atoms with E-state index >= 15 is 0 Å². The molecule has 0 radical (unpaired) electrons. The van der Waals surface area contributed by atoms with Crippen molar-refractivity contribution in [3.63, 3.8) is 0 Å². The predicted molar refractivity (Wildman–Crippen MR) is 61.3 cm³/mol. The maximum Gasteiger partial charge on any atom is 0.0693 e. The molecule has 0 amide bonds. The maximum atomic E-state index is 9.32. The van der Waals surface area contributed by atoms with Gasteiger partial charge in [0.2, 0.25) is 0 Å². The Morgan fingerprint density at radius 2 is 1.93 bits per heavy atom. The monoisotopic (exact) mass is 206 g/mol. The lowest BCUT2D eigenvalue weighted by atomic mass is 9.71. The van der Waals surface area contributed by atoms with Crippen molar-refractivity contribution < 1.29 is 0 Å². The average molecular weight is 206 g/mol. The van der Waals surface area contributed by atoms with Crippen molar-refractivity contribution in [1.29, 1.82) is 5.26 Å². The molecular weight excluding hydrogens is 184 g/mol. The molecule has 0 aromatic heterocycles. The second-order valence-corrected chi connectivity index (χ2v) is 5.67. The highest BCUT2D eigenvalue weighted by Gasteiger charge is 2.38. The molecule has 2 rings (SSSR count). The first-order valence-electron chi connectivity index (χ1n) is 6.30. The van der Waals surface area contributed by atoms with E-state index in [4.69, 9.17) is 0 Å². The number of nitrogens with zero attached hydrogens (tertiary/aromatic N) is 2. The first-order valence-corrected chi connectivity index (χ1v) is 6.30. The molecular formula is C13H22N2. The van der Waals surface area contributed by atoms with Crippen LogP contribution in [-0.2, 0) is 0 Å². The standard InChI is InChI=1S/C13H22N2/c1-11(2)13(10-14)5-7-15(8-6-13)9-12-3-4-12/h11-12H,3-9H2,1-2H3. The van der Waals surface area contributed by atoms with Gasteiger partial charge in [-0.15, -0.1) is 0 Å². The van der Waals surface area contributed by atoms with Crippen LogP contribution in [0.25, 0.3) is 0 Å². The number of rotatable bonds is 3. The molecule has 0 spiro atoms. The third-order valence-corrected chi connectivity index (χ3v) is 4.29. The Morgan fingerprint density at radius 3 is 2.33 bits per heavy atom. The maximum absolute atomic E-state index is 9.32. The number of hydrogen-bond donors (Lipinski definition) is 0. The van der Waals surface area contributed by atoms with Crippen LogP contribution in [0.1, 0.15) is 39.5 Å². The lowest BCUT2D eigenvalue weighted by molar-refractivity contribution is 0.105. The van der Waals surface area contributed by atoms with Gasteiger partial charge in [0.05, 0.1) is 11.5 Å². The molecule has 15 heavy (non-hydrogen) atoms. The Balaban J connectivity index is 1.86. The van der Waals surface area contributed by atoms with Gasteiger partial charge in [0.25, 0.3) is 0 Å². The SMILES string of the molecule is CC(C)C1(C#N)CCN(CC2CC2)CC1. The van der Waals surface area contributed by atoms with Gasteiger partial charge in [-0.3, -0.25) is 0 Å². The van der Waals surface area contributed by atoms with Crippen LogP contribution in [0.15, 0.2) is 0 Å². The summed E-state index contributed by atoms with van der Waals surface area (Å²) < 4.78 is 0. The molecule has 0 aromatic rings. The summed E-state index contributed by atoms with van der Waals surface area (Å²) >= 11 is 0. The van der Waals surface area contributed by atoms with Crippen LogP contribution in [0.3, 0.4) is 0 Å². The zero-order chi connectivity index (χ0) is 10.9. The molecule has 2 heteroatoms. The van der Waals surface area contributed by atoms with Crippen molar-refractivity contribution in [1.82, 2.24) is 4.90 Å². The molecule has 0 bridgehead atoms. The van der Waals surface area contributed by atoms with Crippen LogP contribution in [0.4, 0.5) is 0 Å². The van der Waals surface area contributed by atoms with Gasteiger partial charge in [-0.25, -0.2) is 0 Å². The van der Waals surface area contributed by atoms with Crippen LogP contribution < -0.4 is 0 Å². The van der Waals surface area contributed by atoms with E-state index in [0.717, 1.165) is 31.8 Å². The molecule has 84 valence electrons. The Kier molecular flexibility index (Phi) is 3.02. The third-order valence-electron chi connectivity index (χ3n) is 4.29. The number of likely N-dealkylation sites (tertiary alicyclic amines) is 1. The molecule has 0 N–H and O–H groups in total. The van der Waals surface area contributed by atoms with Gasteiger partial charge in [-0.2, -0.15) is 5.26 Å². The molecule has 1 heterocycles. The summed E-state index contributed by atoms with van der Waals surface area (Å²) in [5, 5.41) is 9.32. The second-order valence-electron chi connectivity index (χ2n) is 5.67. The lowest BCUT2D eigenvalue weighted by Crippen LogP contribution is -2.42. The van der Waals surface area contributed by atoms with Gasteiger partial charge >= 0.3 is 0 Å². The molecule has 1 aliphatic carbocycles. The van der Waals surface area contributed by atoms with E-state index in [2.05, 4.69) is 24.8 Å². The fraction of sp³-hybridized carbons (Fsp3) is 0.923. The highest BCUT2D eigenvalue weighted by Crippen LogP contribution is 2.39. The normalized spacial score (nSPS) is 26.5. The Bertz CT molecular complexity index is 252. The first kappa shape index (κ1) is 11.0. The second kappa shape index (κ2) is 4.14. The summed E-state index contributed by atoms with van der Waals surface area (Å²) in [5.41, 5.74) is -0.0277. The van der Waals surface area contributed by atoms with E-state index in [9.17, 15) is 5.26 Å². The van der Waals surface area contributed by atoms with Crippen LogP contribution in [0, 0.1) is 28.6 Å². The van der Waals surface area contributed by atoms with E-state index in [0.29, 0.717) is 5.92 Å². The summed E-state index contributed by atoms with van der Waals surface area (Å²) in [6.07, 6.45) is 5.02. The van der Waals surface area contributed by atoms with Gasteiger partial charge in [-0.1, -0.05) is 13.8 Å². The molecule has 0 atom stereocenters. The smallest absolute Gasteiger partial charge is 0.0693 e. The van der Waals surface area contributed by atoms with Crippen LogP contribution in [0.2, 0.25) is 0 Å². The zero-order valence-electron chi connectivity index (χ0n) is 10.00. The molecule has 0 aromatic carbocycles. The van der Waals surface area contributed by atoms with Gasteiger partial charge < -0.3 is 4.90 Å². The average Bonchev–Trinajstić information content (AvgIpc) is 3.03. The minimum absolute atomic E-state index is 0.0277. The molecule has 2 nitrogen and oxygen atoms in total. The first-order chi connectivity index (χ1) is 7.16. The van der Waals surface area contributed by atoms with Crippen LogP contribution >= 0.6 is 0 Å². The summed E-state index contributed by atoms with van der Waals surface area (Å²) in [4.78, 5) is 2.57. The minimum Gasteiger partial charge on any atom is -0.303 e. The van der Waals surface area contributed by atoms with Gasteiger partial charge in [0.1, 0.15) is 0 Å². The van der Waals surface area contributed by atoms with E-state index in [1.165, 1.54) is 19.4 Å². The minimum atomic E-state index is -0.0277. The number of nitriles is 1. The fourth-order valence-corrected chi connectivity index (χ4v) is 2.62. The van der Waals surface area contributed by atoms with Crippen molar-refractivity contribution in [3.05, 3.63) is 0 Å². The Hall–Kier alpha value is -0.550. The van der Waals surface area contributed by atoms with Crippen molar-refractivity contribution in [3.8, 4) is 6.07 Å². The molecule has 2 aliphatic rings. The van der Waals surface area contributed by atoms with Crippen molar-refractivity contribution in [2.24, 2.45) is 17.3 Å². The van der Waals surface area contributed by atoms with Crippen molar-refractivity contribution in [2.45, 2.75) is 39.5 Å². The van der Waals surface area contributed by atoms with Gasteiger partial charge in [0, 0.05) is 6.54 Å². The number of piperidine rings is 1. The van der Waals surface area contributed by atoms with E-state index < -0.39 is 0 Å². The summed E-state index contributed by atoms with van der Waals surface area (Å²) in [7, 11) is 0. The Morgan fingerprint density at radius 1 is 1.33 bits per heavy atom. The lowest BCUT2D eigenvalue weighted by Gasteiger charge is -2.39. The molecule has 1 aliphatic heterocycles. The topological polar surface area (TPSA) is 27.0 Å². The predicted octanol–water partition coefficient (Wildman–Crippen LogP) is 2.66. The van der Waals surface area contributed by atoms with Crippen LogP contribution in [0.5, 0.6) is 0 Å². The molecule has 2 fully saturated rings. The molecule has 0 unspecified atom stereocenters. The van der Waals surface area contributed by atoms with Crippen molar-refractivity contribution >= 4 is 0 Å². The molecule has 1 saturated heterocycles. The molecule has 1 saturated carbocycles. The van der Waals surface area contributed by atoms with Gasteiger partial charge in [0.15, 0.2) is 0 Å². The van der Waals surface area contributed by atoms with E-state index in [1.54, 1.807) is 0 Å². The van der Waals surface area contributed by atoms with E-state index in [1.807, 2.05) is 0 Å². The summed E-state index contributed by atoms with van der Waals surface area (Å²) in [6.45, 7) is 7.96. The Labute approximate surface area is 93.3 Å². The van der Waals surface area contributed by atoms with Crippen LogP contribution in [-0.4, -0.2) is 24.5 Å². The third kappa shape index (κ3) is 2.34. The highest BCUT2D eigenvalue weighted by molar-refractivity contribution is 5.04. The summed E-state index contributed by atoms with van der Waals surface area (Å²) in [5.74, 6) is 1.49. The van der Waals surface area contributed by atoms with E-state index in [-0.39, 0.29) is 5.41 Å².